The van der Waals surface area contributed by atoms with Gasteiger partial charge in [0.15, 0.2) is 0 Å². The molecule has 0 aliphatic carbocycles. The van der Waals surface area contributed by atoms with Crippen LogP contribution in [-0.2, 0) is 4.74 Å². The van der Waals surface area contributed by atoms with Gasteiger partial charge in [0.25, 0.3) is 5.91 Å². The number of hydrogen-bond donors (Lipinski definition) is 0. The van der Waals surface area contributed by atoms with Crippen molar-refractivity contribution in [2.45, 2.75) is 32.4 Å². The molecular weight excluding hydrogens is 582 g/mol. The zero-order valence-corrected chi connectivity index (χ0v) is 23.8. The minimum Gasteiger partial charge on any atom is -0.444 e. The number of fused-ring (bicyclic) bond motifs is 1. The molecule has 2 aromatic heterocycles. The van der Waals surface area contributed by atoms with Crippen LogP contribution in [0.3, 0.4) is 0 Å². The van der Waals surface area contributed by atoms with Gasteiger partial charge in [0.05, 0.1) is 22.8 Å². The van der Waals surface area contributed by atoms with Crippen LogP contribution in [0.25, 0.3) is 22.2 Å². The molecule has 1 aliphatic heterocycles. The summed E-state index contributed by atoms with van der Waals surface area (Å²) in [4.78, 5) is 39.0. The molecule has 1 saturated heterocycles. The Morgan fingerprint density at radius 2 is 1.75 bits per heavy atom. The number of carbonyl (C=O) groups excluding carboxylic acids is 2. The number of halogens is 3. The van der Waals surface area contributed by atoms with E-state index in [9.17, 15) is 14.0 Å². The van der Waals surface area contributed by atoms with Gasteiger partial charge in [-0.05, 0) is 75.4 Å². The Bertz CT molecular complexity index is 1590. The van der Waals surface area contributed by atoms with E-state index in [0.29, 0.717) is 22.2 Å². The van der Waals surface area contributed by atoms with Crippen LogP contribution in [0.15, 0.2) is 71.5 Å². The number of carbonyl (C=O) groups is 2. The number of aromatic nitrogens is 2. The maximum absolute atomic E-state index is 15.1. The van der Waals surface area contributed by atoms with Crippen molar-refractivity contribution in [3.05, 3.63) is 94.2 Å². The SMILES string of the molecule is CC(C)(C)OC(=O)N1CCN(C(=O)c2cc(-c3ccncc3)nc3ccc(Br)cc23)C(c2cc(F)ccc2F)C1. The molecule has 1 unspecified atom stereocenters. The lowest BCUT2D eigenvalue weighted by Crippen LogP contribution is -2.53. The molecule has 0 bridgehead atoms. The number of piperazine rings is 1. The molecule has 1 aliphatic rings. The average molecular weight is 609 g/mol. The Balaban J connectivity index is 1.60. The van der Waals surface area contributed by atoms with Gasteiger partial charge in [-0.1, -0.05) is 15.9 Å². The van der Waals surface area contributed by atoms with E-state index < -0.39 is 35.3 Å². The lowest BCUT2D eigenvalue weighted by molar-refractivity contribution is 0.00374. The Hall–Kier alpha value is -3.92. The van der Waals surface area contributed by atoms with Crippen molar-refractivity contribution in [3.63, 3.8) is 0 Å². The maximum atomic E-state index is 15.1. The number of pyridine rings is 2. The van der Waals surface area contributed by atoms with Gasteiger partial charge in [-0.2, -0.15) is 0 Å². The molecule has 0 spiro atoms. The van der Waals surface area contributed by atoms with Gasteiger partial charge in [-0.15, -0.1) is 0 Å². The molecule has 2 amide bonds. The third-order valence-corrected chi connectivity index (χ3v) is 7.08. The molecular formula is C30H27BrF2N4O3. The molecule has 5 rings (SSSR count). The fourth-order valence-corrected chi connectivity index (χ4v) is 5.12. The van der Waals surface area contributed by atoms with Crippen LogP contribution in [0, 0.1) is 11.6 Å². The van der Waals surface area contributed by atoms with Crippen LogP contribution in [0.4, 0.5) is 13.6 Å². The monoisotopic (exact) mass is 608 g/mol. The lowest BCUT2D eigenvalue weighted by Gasteiger charge is -2.42. The van der Waals surface area contributed by atoms with E-state index in [-0.39, 0.29) is 25.2 Å². The molecule has 206 valence electrons. The second-order valence-electron chi connectivity index (χ2n) is 10.6. The highest BCUT2D eigenvalue weighted by atomic mass is 79.9. The average Bonchev–Trinajstić information content (AvgIpc) is 2.92. The van der Waals surface area contributed by atoms with Gasteiger partial charge in [0, 0.05) is 53.0 Å². The number of amides is 2. The van der Waals surface area contributed by atoms with Gasteiger partial charge in [0.1, 0.15) is 17.2 Å². The van der Waals surface area contributed by atoms with Crippen molar-refractivity contribution < 1.29 is 23.1 Å². The van der Waals surface area contributed by atoms with Crippen molar-refractivity contribution in [3.8, 4) is 11.3 Å². The quantitative estimate of drug-likeness (QED) is 0.256. The number of ether oxygens (including phenoxy) is 1. The summed E-state index contributed by atoms with van der Waals surface area (Å²) in [6.45, 7) is 5.44. The molecule has 1 fully saturated rings. The molecule has 0 N–H and O–H groups in total. The molecule has 7 nitrogen and oxygen atoms in total. The van der Waals surface area contributed by atoms with Gasteiger partial charge in [-0.3, -0.25) is 9.78 Å². The predicted molar refractivity (Wildman–Crippen MR) is 151 cm³/mol. The summed E-state index contributed by atoms with van der Waals surface area (Å²) >= 11 is 3.48. The summed E-state index contributed by atoms with van der Waals surface area (Å²) in [6.07, 6.45) is 2.70. The fraction of sp³-hybridized carbons (Fsp3) is 0.267. The van der Waals surface area contributed by atoms with E-state index in [1.54, 1.807) is 57.4 Å². The van der Waals surface area contributed by atoms with E-state index in [1.165, 1.54) is 9.80 Å². The van der Waals surface area contributed by atoms with Crippen molar-refractivity contribution in [1.82, 2.24) is 19.8 Å². The summed E-state index contributed by atoms with van der Waals surface area (Å²) in [5, 5.41) is 0.602. The first-order valence-electron chi connectivity index (χ1n) is 12.7. The number of nitrogens with zero attached hydrogens (tertiary/aromatic N) is 4. The summed E-state index contributed by atoms with van der Waals surface area (Å²) in [7, 11) is 0. The second-order valence-corrected chi connectivity index (χ2v) is 11.5. The molecule has 4 aromatic rings. The second kappa shape index (κ2) is 10.9. The lowest BCUT2D eigenvalue weighted by atomic mass is 9.98. The normalized spacial score (nSPS) is 15.8. The van der Waals surface area contributed by atoms with Crippen LogP contribution < -0.4 is 0 Å². The number of benzene rings is 2. The first-order chi connectivity index (χ1) is 19.0. The molecule has 0 radical (unpaired) electrons. The zero-order valence-electron chi connectivity index (χ0n) is 22.2. The molecule has 10 heteroatoms. The highest BCUT2D eigenvalue weighted by Crippen LogP contribution is 2.33. The van der Waals surface area contributed by atoms with Crippen LogP contribution in [0.1, 0.15) is 42.7 Å². The minimum absolute atomic E-state index is 0.0180. The van der Waals surface area contributed by atoms with Crippen molar-refractivity contribution in [1.29, 1.82) is 0 Å². The van der Waals surface area contributed by atoms with Crippen LogP contribution >= 0.6 is 15.9 Å². The van der Waals surface area contributed by atoms with E-state index in [0.717, 1.165) is 28.2 Å². The maximum Gasteiger partial charge on any atom is 0.410 e. The standard InChI is InChI=1S/C30H27BrF2N4O3/c1-30(2,3)40-29(39)36-12-13-37(27(17-36)23-15-20(32)5-6-24(23)33)28(38)22-16-26(18-8-10-34-11-9-18)35-25-7-4-19(31)14-21(22)25/h4-11,14-16,27H,12-13,17H2,1-3H3. The first-order valence-corrected chi connectivity index (χ1v) is 13.5. The Morgan fingerprint density at radius 1 is 1.00 bits per heavy atom. The Morgan fingerprint density at radius 3 is 2.48 bits per heavy atom. The first kappa shape index (κ1) is 27.6. The number of rotatable bonds is 3. The third-order valence-electron chi connectivity index (χ3n) is 6.59. The van der Waals surface area contributed by atoms with Gasteiger partial charge in [-0.25, -0.2) is 18.6 Å². The topological polar surface area (TPSA) is 75.6 Å². The van der Waals surface area contributed by atoms with Gasteiger partial charge in [0.2, 0.25) is 0 Å². The fourth-order valence-electron chi connectivity index (χ4n) is 4.75. The van der Waals surface area contributed by atoms with Crippen LogP contribution in [0.2, 0.25) is 0 Å². The molecule has 3 heterocycles. The molecule has 40 heavy (non-hydrogen) atoms. The third kappa shape index (κ3) is 5.82. The number of hydrogen-bond acceptors (Lipinski definition) is 5. The highest BCUT2D eigenvalue weighted by Gasteiger charge is 2.37. The molecule has 1 atom stereocenters. The van der Waals surface area contributed by atoms with Crippen molar-refractivity contribution >= 4 is 38.8 Å². The Labute approximate surface area is 238 Å². The van der Waals surface area contributed by atoms with E-state index in [2.05, 4.69) is 20.9 Å². The molecule has 0 saturated carbocycles. The summed E-state index contributed by atoms with van der Waals surface area (Å²) in [5.74, 6) is -1.70. The predicted octanol–water partition coefficient (Wildman–Crippen LogP) is 6.77. The van der Waals surface area contributed by atoms with Gasteiger partial charge < -0.3 is 14.5 Å². The zero-order chi connectivity index (χ0) is 28.6. The van der Waals surface area contributed by atoms with E-state index in [4.69, 9.17) is 9.72 Å². The molecule has 2 aromatic carbocycles. The van der Waals surface area contributed by atoms with Crippen LogP contribution in [-0.4, -0.2) is 57.0 Å². The smallest absolute Gasteiger partial charge is 0.410 e. The van der Waals surface area contributed by atoms with Crippen LogP contribution in [0.5, 0.6) is 0 Å². The summed E-state index contributed by atoms with van der Waals surface area (Å²) in [5.41, 5.74) is 1.54. The minimum atomic E-state index is -0.954. The van der Waals surface area contributed by atoms with Gasteiger partial charge >= 0.3 is 6.09 Å². The van der Waals surface area contributed by atoms with E-state index in [1.807, 2.05) is 12.1 Å². The Kier molecular flexibility index (Phi) is 7.55. The highest BCUT2D eigenvalue weighted by molar-refractivity contribution is 9.10. The largest absolute Gasteiger partial charge is 0.444 e. The van der Waals surface area contributed by atoms with E-state index >= 15 is 4.39 Å². The van der Waals surface area contributed by atoms with Crippen molar-refractivity contribution in [2.75, 3.05) is 19.6 Å². The summed E-state index contributed by atoms with van der Waals surface area (Å²) in [6, 6.07) is 12.9. The summed E-state index contributed by atoms with van der Waals surface area (Å²) < 4.78 is 35.7. The van der Waals surface area contributed by atoms with Crippen molar-refractivity contribution in [2.24, 2.45) is 0 Å².